The van der Waals surface area contributed by atoms with Crippen LogP contribution in [0.4, 0.5) is 18.9 Å². The lowest BCUT2D eigenvalue weighted by atomic mass is 10.1. The van der Waals surface area contributed by atoms with Gasteiger partial charge in [0, 0.05) is 22.7 Å². The largest absolute Gasteiger partial charge is 0.482 e. The van der Waals surface area contributed by atoms with Crippen molar-refractivity contribution in [3.8, 4) is 16.3 Å². The van der Waals surface area contributed by atoms with Gasteiger partial charge in [-0.05, 0) is 57.2 Å². The van der Waals surface area contributed by atoms with Crippen molar-refractivity contribution in [1.82, 2.24) is 4.98 Å². The van der Waals surface area contributed by atoms with Crippen LogP contribution in [0, 0.1) is 6.92 Å². The summed E-state index contributed by atoms with van der Waals surface area (Å²) in [4.78, 5) is 19.2. The van der Waals surface area contributed by atoms with Crippen molar-refractivity contribution in [2.24, 2.45) is 0 Å². The maximum absolute atomic E-state index is 12.8. The first-order valence-electron chi connectivity index (χ1n) is 10.5. The number of rotatable bonds is 9. The topological polar surface area (TPSA) is 51.7 Å². The predicted molar refractivity (Wildman–Crippen MR) is 123 cm³/mol. The molecule has 5 nitrogen and oxygen atoms in total. The third-order valence-corrected chi connectivity index (χ3v) is 6.12. The number of carbonyl (C=O) groups excluding carboxylic acids is 1. The molecule has 3 aromatic rings. The van der Waals surface area contributed by atoms with Gasteiger partial charge in [0.2, 0.25) is 0 Å². The van der Waals surface area contributed by atoms with E-state index in [0.29, 0.717) is 29.5 Å². The van der Waals surface area contributed by atoms with Gasteiger partial charge in [-0.1, -0.05) is 12.1 Å². The Morgan fingerprint density at radius 2 is 1.73 bits per heavy atom. The second-order valence-corrected chi connectivity index (χ2v) is 8.29. The summed E-state index contributed by atoms with van der Waals surface area (Å²) in [6, 6.07) is 12.5. The van der Waals surface area contributed by atoms with Gasteiger partial charge >= 0.3 is 12.1 Å². The van der Waals surface area contributed by atoms with Gasteiger partial charge in [-0.15, -0.1) is 11.3 Å². The number of ether oxygens (including phenoxy) is 2. The van der Waals surface area contributed by atoms with Gasteiger partial charge in [-0.25, -0.2) is 9.78 Å². The molecule has 0 bridgehead atoms. The van der Waals surface area contributed by atoms with Gasteiger partial charge in [0.15, 0.2) is 6.61 Å². The Morgan fingerprint density at radius 1 is 1.06 bits per heavy atom. The Labute approximate surface area is 194 Å². The van der Waals surface area contributed by atoms with E-state index < -0.39 is 17.7 Å². The summed E-state index contributed by atoms with van der Waals surface area (Å²) in [5.74, 6) is 0.155. The molecular formula is C24H25F3N2O3S. The highest BCUT2D eigenvalue weighted by Crippen LogP contribution is 2.34. The Hall–Kier alpha value is -3.07. The molecule has 0 amide bonds. The van der Waals surface area contributed by atoms with Crippen molar-refractivity contribution in [2.75, 3.05) is 24.7 Å². The summed E-state index contributed by atoms with van der Waals surface area (Å²) < 4.78 is 48.7. The van der Waals surface area contributed by atoms with Crippen molar-refractivity contribution in [1.29, 1.82) is 0 Å². The zero-order valence-electron chi connectivity index (χ0n) is 18.6. The molecule has 33 heavy (non-hydrogen) atoms. The van der Waals surface area contributed by atoms with Crippen LogP contribution in [-0.2, 0) is 22.3 Å². The predicted octanol–water partition coefficient (Wildman–Crippen LogP) is 6.11. The van der Waals surface area contributed by atoms with Crippen molar-refractivity contribution in [3.05, 3.63) is 64.7 Å². The number of aromatic nitrogens is 1. The third kappa shape index (κ3) is 6.47. The smallest absolute Gasteiger partial charge is 0.416 e. The number of thiazole rings is 1. The summed E-state index contributed by atoms with van der Waals surface area (Å²) in [5.41, 5.74) is 1.81. The molecule has 0 aliphatic carbocycles. The van der Waals surface area contributed by atoms with Gasteiger partial charge in [0.1, 0.15) is 10.8 Å². The van der Waals surface area contributed by atoms with E-state index in [1.54, 1.807) is 19.1 Å². The summed E-state index contributed by atoms with van der Waals surface area (Å²) in [5, 5.41) is 0.690. The van der Waals surface area contributed by atoms with Crippen molar-refractivity contribution < 1.29 is 27.4 Å². The molecule has 0 saturated heterocycles. The number of anilines is 1. The average molecular weight is 479 g/mol. The van der Waals surface area contributed by atoms with E-state index >= 15 is 0 Å². The first-order chi connectivity index (χ1) is 15.7. The lowest BCUT2D eigenvalue weighted by molar-refractivity contribution is -0.145. The van der Waals surface area contributed by atoms with Gasteiger partial charge in [0.25, 0.3) is 0 Å². The van der Waals surface area contributed by atoms with Gasteiger partial charge in [-0.2, -0.15) is 13.2 Å². The van der Waals surface area contributed by atoms with Gasteiger partial charge in [-0.3, -0.25) is 0 Å². The Bertz CT molecular complexity index is 1060. The third-order valence-electron chi connectivity index (χ3n) is 4.93. The maximum Gasteiger partial charge on any atom is 0.416 e. The molecule has 0 atom stereocenters. The minimum atomic E-state index is -4.36. The van der Waals surface area contributed by atoms with E-state index in [-0.39, 0.29) is 6.61 Å². The van der Waals surface area contributed by atoms with E-state index in [4.69, 9.17) is 9.47 Å². The number of esters is 1. The molecule has 176 valence electrons. The van der Waals surface area contributed by atoms with E-state index in [1.165, 1.54) is 23.5 Å². The standard InChI is InChI=1S/C24H25F3N2O3S/c1-4-29(19-10-12-20(13-11-19)32-15-22(30)31-5-2)14-21-16(3)28-23(33-21)17-6-8-18(9-7-17)24(25,26)27/h6-13H,4-5,14-15H2,1-3H3. The molecule has 0 spiro atoms. The van der Waals surface area contributed by atoms with Crippen molar-refractivity contribution >= 4 is 23.0 Å². The minimum absolute atomic E-state index is 0.141. The first-order valence-corrected chi connectivity index (χ1v) is 11.3. The molecule has 0 aliphatic heterocycles. The summed E-state index contributed by atoms with van der Waals surface area (Å²) in [6.45, 7) is 7.21. The highest BCUT2D eigenvalue weighted by molar-refractivity contribution is 7.15. The van der Waals surface area contributed by atoms with Crippen LogP contribution in [0.1, 0.15) is 30.0 Å². The molecule has 0 saturated carbocycles. The monoisotopic (exact) mass is 478 g/mol. The zero-order chi connectivity index (χ0) is 24.0. The first kappa shape index (κ1) is 24.6. The van der Waals surface area contributed by atoms with Crippen LogP contribution < -0.4 is 9.64 Å². The van der Waals surface area contributed by atoms with Crippen molar-refractivity contribution in [3.63, 3.8) is 0 Å². The fraction of sp³-hybridized carbons (Fsp3) is 0.333. The Morgan fingerprint density at radius 3 is 2.30 bits per heavy atom. The van der Waals surface area contributed by atoms with E-state index in [1.807, 2.05) is 26.0 Å². The number of benzene rings is 2. The van der Waals surface area contributed by atoms with Crippen LogP contribution in [-0.4, -0.2) is 30.7 Å². The molecule has 9 heteroatoms. The van der Waals surface area contributed by atoms with Crippen LogP contribution in [0.5, 0.6) is 5.75 Å². The molecule has 2 aromatic carbocycles. The Kier molecular flexibility index (Phi) is 7.97. The molecule has 3 rings (SSSR count). The van der Waals surface area contributed by atoms with Crippen LogP contribution >= 0.6 is 11.3 Å². The van der Waals surface area contributed by atoms with Crippen LogP contribution in [0.15, 0.2) is 48.5 Å². The summed E-state index contributed by atoms with van der Waals surface area (Å²) >= 11 is 1.47. The average Bonchev–Trinajstić information content (AvgIpc) is 3.16. The number of hydrogen-bond donors (Lipinski definition) is 0. The van der Waals surface area contributed by atoms with E-state index in [2.05, 4.69) is 9.88 Å². The highest BCUT2D eigenvalue weighted by atomic mass is 32.1. The summed E-state index contributed by atoms with van der Waals surface area (Å²) in [6.07, 6.45) is -4.36. The molecule has 0 aliphatic rings. The second-order valence-electron chi connectivity index (χ2n) is 7.20. The molecular weight excluding hydrogens is 453 g/mol. The quantitative estimate of drug-likeness (QED) is 0.348. The number of aryl methyl sites for hydroxylation is 1. The van der Waals surface area contributed by atoms with Crippen LogP contribution in [0.2, 0.25) is 0 Å². The lowest BCUT2D eigenvalue weighted by Gasteiger charge is -2.23. The molecule has 0 radical (unpaired) electrons. The zero-order valence-corrected chi connectivity index (χ0v) is 19.4. The molecule has 1 aromatic heterocycles. The summed E-state index contributed by atoms with van der Waals surface area (Å²) in [7, 11) is 0. The number of hydrogen-bond acceptors (Lipinski definition) is 6. The Balaban J connectivity index is 1.69. The molecule has 0 N–H and O–H groups in total. The SMILES string of the molecule is CCOC(=O)COc1ccc(N(CC)Cc2sc(-c3ccc(C(F)(F)F)cc3)nc2C)cc1. The minimum Gasteiger partial charge on any atom is -0.482 e. The van der Waals surface area contributed by atoms with E-state index in [0.717, 1.165) is 34.9 Å². The molecule has 0 unspecified atom stereocenters. The fourth-order valence-corrected chi connectivity index (χ4v) is 4.24. The number of carbonyl (C=O) groups is 1. The maximum atomic E-state index is 12.8. The van der Waals surface area contributed by atoms with E-state index in [9.17, 15) is 18.0 Å². The second kappa shape index (κ2) is 10.7. The fourth-order valence-electron chi connectivity index (χ4n) is 3.16. The van der Waals surface area contributed by atoms with Gasteiger partial charge in [0.05, 0.1) is 24.4 Å². The molecule has 0 fully saturated rings. The van der Waals surface area contributed by atoms with Crippen LogP contribution in [0.25, 0.3) is 10.6 Å². The van der Waals surface area contributed by atoms with Gasteiger partial charge < -0.3 is 14.4 Å². The van der Waals surface area contributed by atoms with Crippen molar-refractivity contribution in [2.45, 2.75) is 33.5 Å². The highest BCUT2D eigenvalue weighted by Gasteiger charge is 2.30. The van der Waals surface area contributed by atoms with Crippen LogP contribution in [0.3, 0.4) is 0 Å². The normalized spacial score (nSPS) is 11.3. The number of alkyl halides is 3. The lowest BCUT2D eigenvalue weighted by Crippen LogP contribution is -2.21. The number of nitrogens with zero attached hydrogens (tertiary/aromatic N) is 2. The molecule has 1 heterocycles. The number of halogens is 3.